The van der Waals surface area contributed by atoms with Crippen LogP contribution >= 0.6 is 46.1 Å². The number of hydrogen-bond acceptors (Lipinski definition) is 6. The van der Waals surface area contributed by atoms with Crippen LogP contribution in [0.5, 0.6) is 5.75 Å². The molecule has 2 unspecified atom stereocenters. The first kappa shape index (κ1) is 35.5. The van der Waals surface area contributed by atoms with E-state index in [9.17, 15) is 26.4 Å². The second-order valence-corrected chi connectivity index (χ2v) is 15.9. The predicted molar refractivity (Wildman–Crippen MR) is 184 cm³/mol. The van der Waals surface area contributed by atoms with Gasteiger partial charge in [-0.15, -0.1) is 11.3 Å². The zero-order chi connectivity index (χ0) is 35.1. The quantitative estimate of drug-likeness (QED) is 0.188. The molecule has 0 N–H and O–H groups in total. The van der Waals surface area contributed by atoms with Crippen LogP contribution in [-0.4, -0.2) is 67.2 Å². The molecule has 0 aliphatic carbocycles. The van der Waals surface area contributed by atoms with Crippen LogP contribution in [0.15, 0.2) is 88.1 Å². The van der Waals surface area contributed by atoms with Gasteiger partial charge in [-0.3, -0.25) is 9.89 Å². The molecule has 8 nitrogen and oxygen atoms in total. The number of ether oxygens (including phenoxy) is 1. The number of aliphatic imine (C=N–C) groups is 1. The van der Waals surface area contributed by atoms with Crippen molar-refractivity contribution in [3.05, 3.63) is 115 Å². The Morgan fingerprint density at radius 3 is 2.06 bits per heavy atom. The number of alkyl halides is 3. The van der Waals surface area contributed by atoms with Crippen molar-refractivity contribution in [2.45, 2.75) is 29.4 Å². The highest BCUT2D eigenvalue weighted by molar-refractivity contribution is 7.91. The fourth-order valence-electron chi connectivity index (χ4n) is 5.85. The topological polar surface area (TPSA) is 82.5 Å². The van der Waals surface area contributed by atoms with Crippen molar-refractivity contribution in [3.63, 3.8) is 0 Å². The summed E-state index contributed by atoms with van der Waals surface area (Å²) >= 11 is 19.4. The molecule has 0 spiro atoms. The molecule has 2 amide bonds. The molecular formula is C33H28Cl3F3N4O4S2. The number of urea groups is 1. The molecule has 1 aromatic heterocycles. The molecule has 3 heterocycles. The molecule has 1 saturated heterocycles. The van der Waals surface area contributed by atoms with E-state index in [1.807, 2.05) is 0 Å². The van der Waals surface area contributed by atoms with Gasteiger partial charge in [0.2, 0.25) is 0 Å². The van der Waals surface area contributed by atoms with Gasteiger partial charge in [0, 0.05) is 36.2 Å². The third kappa shape index (κ3) is 7.28. The van der Waals surface area contributed by atoms with Gasteiger partial charge in [-0.2, -0.15) is 17.5 Å². The average molecular weight is 772 g/mol. The molecule has 6 rings (SSSR count). The highest BCUT2D eigenvalue weighted by atomic mass is 35.5. The minimum atomic E-state index is -4.64. The van der Waals surface area contributed by atoms with Crippen LogP contribution in [0.2, 0.25) is 14.4 Å². The molecule has 16 heteroatoms. The minimum Gasteiger partial charge on any atom is -0.493 e. The largest absolute Gasteiger partial charge is 0.493 e. The van der Waals surface area contributed by atoms with Crippen LogP contribution in [0.3, 0.4) is 0 Å². The minimum absolute atomic E-state index is 0.0145. The molecule has 4 aromatic rings. The van der Waals surface area contributed by atoms with Gasteiger partial charge in [0.05, 0.1) is 28.1 Å². The van der Waals surface area contributed by atoms with Gasteiger partial charge < -0.3 is 9.64 Å². The van der Waals surface area contributed by atoms with Crippen molar-refractivity contribution >= 4 is 68.0 Å². The number of sulfonamides is 1. The Bertz CT molecular complexity index is 1980. The van der Waals surface area contributed by atoms with E-state index in [1.165, 1.54) is 32.3 Å². The van der Waals surface area contributed by atoms with Crippen molar-refractivity contribution in [1.82, 2.24) is 14.1 Å². The van der Waals surface area contributed by atoms with Crippen LogP contribution in [0.25, 0.3) is 0 Å². The van der Waals surface area contributed by atoms with Crippen molar-refractivity contribution in [1.29, 1.82) is 0 Å². The Labute approximate surface area is 300 Å². The molecule has 258 valence electrons. The molecule has 1 fully saturated rings. The molecule has 0 bridgehead atoms. The molecule has 2 aliphatic rings. The van der Waals surface area contributed by atoms with E-state index in [0.717, 1.165) is 23.5 Å². The van der Waals surface area contributed by atoms with Crippen LogP contribution in [0.4, 0.5) is 18.0 Å². The van der Waals surface area contributed by atoms with E-state index in [4.69, 9.17) is 44.5 Å². The first-order valence-corrected chi connectivity index (χ1v) is 18.4. The summed E-state index contributed by atoms with van der Waals surface area (Å²) in [6.07, 6.45) is -4.64. The molecule has 49 heavy (non-hydrogen) atoms. The van der Waals surface area contributed by atoms with Gasteiger partial charge in [-0.05, 0) is 72.6 Å². The van der Waals surface area contributed by atoms with Gasteiger partial charge in [0.25, 0.3) is 10.0 Å². The summed E-state index contributed by atoms with van der Waals surface area (Å²) in [6, 6.07) is 17.9. The van der Waals surface area contributed by atoms with E-state index in [2.05, 4.69) is 0 Å². The summed E-state index contributed by atoms with van der Waals surface area (Å²) < 4.78 is 75.4. The maximum absolute atomic E-state index is 14.7. The molecule has 2 atom stereocenters. The highest BCUT2D eigenvalue weighted by Crippen LogP contribution is 2.46. The number of halogens is 6. The Balaban J connectivity index is 1.43. The normalized spacial score (nSPS) is 18.9. The zero-order valence-electron chi connectivity index (χ0n) is 25.7. The maximum Gasteiger partial charge on any atom is 0.416 e. The van der Waals surface area contributed by atoms with Crippen LogP contribution < -0.4 is 4.74 Å². The summed E-state index contributed by atoms with van der Waals surface area (Å²) in [7, 11) is -3.84. The fourth-order valence-corrected chi connectivity index (χ4v) is 9.16. The van der Waals surface area contributed by atoms with Gasteiger partial charge >= 0.3 is 12.2 Å². The van der Waals surface area contributed by atoms with Crippen molar-refractivity contribution in [3.8, 4) is 5.75 Å². The molecule has 2 aliphatic heterocycles. The summed E-state index contributed by atoms with van der Waals surface area (Å²) in [5.41, 5.74) is 0.642. The zero-order valence-corrected chi connectivity index (χ0v) is 29.6. The second-order valence-electron chi connectivity index (χ2n) is 11.2. The SMILES string of the molecule is CCOc1cc(C(F)(F)F)ccc1C1=NC(c2ccc(Cl)cc2)C(c2ccc(Cl)cc2)N1C(=O)N1CCN(S(=O)(=O)c2ccc(Cl)s2)CC1. The Hall–Kier alpha value is -3.33. The van der Waals surface area contributed by atoms with E-state index in [-0.39, 0.29) is 54.1 Å². The van der Waals surface area contributed by atoms with Crippen molar-refractivity contribution in [2.24, 2.45) is 4.99 Å². The van der Waals surface area contributed by atoms with Gasteiger partial charge in [-0.1, -0.05) is 59.1 Å². The second kappa shape index (κ2) is 14.1. The number of nitrogens with zero attached hydrogens (tertiary/aromatic N) is 4. The maximum atomic E-state index is 14.7. The third-order valence-corrected chi connectivity index (χ3v) is 12.3. The fraction of sp³-hybridized carbons (Fsp3) is 0.273. The summed E-state index contributed by atoms with van der Waals surface area (Å²) in [5, 5.41) is 0.954. The van der Waals surface area contributed by atoms with Gasteiger partial charge in [0.15, 0.2) is 0 Å². The first-order chi connectivity index (χ1) is 23.3. The lowest BCUT2D eigenvalue weighted by atomic mass is 9.93. The van der Waals surface area contributed by atoms with E-state index in [0.29, 0.717) is 25.5 Å². The monoisotopic (exact) mass is 770 g/mol. The third-order valence-electron chi connectivity index (χ3n) is 8.20. The van der Waals surface area contributed by atoms with Gasteiger partial charge in [-0.25, -0.2) is 13.2 Å². The Morgan fingerprint density at radius 1 is 0.898 bits per heavy atom. The number of rotatable bonds is 7. The number of thiophene rings is 1. The smallest absolute Gasteiger partial charge is 0.416 e. The molecular weight excluding hydrogens is 744 g/mol. The number of carbonyl (C=O) groups is 1. The number of piperazine rings is 1. The molecule has 0 radical (unpaired) electrons. The van der Waals surface area contributed by atoms with Crippen LogP contribution in [0.1, 0.15) is 41.3 Å². The summed E-state index contributed by atoms with van der Waals surface area (Å²) in [6.45, 7) is 1.83. The molecule has 3 aromatic carbocycles. The first-order valence-electron chi connectivity index (χ1n) is 15.0. The number of benzene rings is 3. The Kier molecular flexibility index (Phi) is 10.2. The number of hydrogen-bond donors (Lipinski definition) is 0. The van der Waals surface area contributed by atoms with E-state index < -0.39 is 39.9 Å². The van der Waals surface area contributed by atoms with Crippen LogP contribution in [-0.2, 0) is 16.2 Å². The van der Waals surface area contributed by atoms with Crippen molar-refractivity contribution < 1.29 is 31.1 Å². The Morgan fingerprint density at radius 2 is 1.51 bits per heavy atom. The lowest BCUT2D eigenvalue weighted by molar-refractivity contribution is -0.137. The number of amidine groups is 1. The van der Waals surface area contributed by atoms with Gasteiger partial charge in [0.1, 0.15) is 21.8 Å². The summed E-state index contributed by atoms with van der Waals surface area (Å²) in [4.78, 5) is 22.7. The highest BCUT2D eigenvalue weighted by Gasteiger charge is 2.46. The van der Waals surface area contributed by atoms with E-state index in [1.54, 1.807) is 55.5 Å². The van der Waals surface area contributed by atoms with E-state index >= 15 is 0 Å². The lowest BCUT2D eigenvalue weighted by Gasteiger charge is -2.38. The standard InChI is InChI=1S/C33H28Cl3F3N4O4S2/c1-2-47-26-19-22(33(37,38)39)7-12-25(26)31-40-29(20-3-8-23(34)9-4-20)30(21-5-10-24(35)11-6-21)43(31)32(44)41-15-17-42(18-16-41)49(45,46)28-14-13-27(36)48-28/h3-14,19,29-30H,2,15-18H2,1H3. The summed E-state index contributed by atoms with van der Waals surface area (Å²) in [5.74, 6) is 0.0105. The number of amides is 2. The average Bonchev–Trinajstić information content (AvgIpc) is 3.70. The number of carbonyl (C=O) groups excluding carboxylic acids is 1. The lowest BCUT2D eigenvalue weighted by Crippen LogP contribution is -2.55. The van der Waals surface area contributed by atoms with Crippen LogP contribution in [0, 0.1) is 0 Å². The van der Waals surface area contributed by atoms with Crippen molar-refractivity contribution in [2.75, 3.05) is 32.8 Å². The predicted octanol–water partition coefficient (Wildman–Crippen LogP) is 8.80. The molecule has 0 saturated carbocycles.